The highest BCUT2D eigenvalue weighted by Gasteiger charge is 2.20. The predicted octanol–water partition coefficient (Wildman–Crippen LogP) is 5.12. The molecule has 7 heteroatoms. The molecule has 0 aliphatic heterocycles. The fraction of sp³-hybridized carbons (Fsp3) is 0.0870. The number of hydrogen-bond acceptors (Lipinski definition) is 3. The Labute approximate surface area is 181 Å². The molecule has 4 aromatic rings. The third-order valence-corrected chi connectivity index (χ3v) is 5.30. The number of carbonyl (C=O) groups is 2. The van der Waals surface area contributed by atoms with Crippen molar-refractivity contribution >= 4 is 44.5 Å². The number of fused-ring (bicyclic) bond motifs is 1. The second kappa shape index (κ2) is 8.51. The molecular formula is C23H18BrN3O3. The first-order valence-electron chi connectivity index (χ1n) is 9.31. The molecule has 0 radical (unpaired) electrons. The molecule has 150 valence electrons. The maximum absolute atomic E-state index is 12.5. The van der Waals surface area contributed by atoms with Crippen LogP contribution in [0.4, 0.5) is 5.69 Å². The molecule has 1 aromatic heterocycles. The number of halogens is 1. The lowest BCUT2D eigenvalue weighted by atomic mass is 10.0. The van der Waals surface area contributed by atoms with Gasteiger partial charge in [-0.1, -0.05) is 52.3 Å². The van der Waals surface area contributed by atoms with Gasteiger partial charge >= 0.3 is 5.97 Å². The van der Waals surface area contributed by atoms with Crippen molar-refractivity contribution in [3.8, 4) is 0 Å². The van der Waals surface area contributed by atoms with E-state index in [1.54, 1.807) is 36.7 Å². The first-order valence-corrected chi connectivity index (χ1v) is 10.1. The number of nitrogens with zero attached hydrogens (tertiary/aromatic N) is 2. The summed E-state index contributed by atoms with van der Waals surface area (Å²) in [6.45, 7) is 0. The van der Waals surface area contributed by atoms with Crippen LogP contribution in [0, 0.1) is 0 Å². The van der Waals surface area contributed by atoms with Crippen molar-refractivity contribution in [1.82, 2.24) is 9.55 Å². The minimum absolute atomic E-state index is 0.0587. The van der Waals surface area contributed by atoms with Crippen molar-refractivity contribution in [1.29, 1.82) is 0 Å². The molecule has 3 aromatic carbocycles. The zero-order valence-corrected chi connectivity index (χ0v) is 17.4. The second-order valence-corrected chi connectivity index (χ2v) is 7.76. The lowest BCUT2D eigenvalue weighted by Crippen LogP contribution is -2.14. The van der Waals surface area contributed by atoms with Gasteiger partial charge in [0.15, 0.2) is 0 Å². The molecule has 0 bridgehead atoms. The first-order chi connectivity index (χ1) is 14.5. The molecule has 0 spiro atoms. The summed E-state index contributed by atoms with van der Waals surface area (Å²) in [6, 6.07) is 21.7. The molecule has 0 saturated carbocycles. The van der Waals surface area contributed by atoms with Crippen molar-refractivity contribution in [2.45, 2.75) is 12.5 Å². The van der Waals surface area contributed by atoms with E-state index >= 15 is 0 Å². The number of carbonyl (C=O) groups excluding carboxylic acids is 1. The molecule has 0 aliphatic carbocycles. The monoisotopic (exact) mass is 463 g/mol. The highest BCUT2D eigenvalue weighted by Crippen LogP contribution is 2.28. The summed E-state index contributed by atoms with van der Waals surface area (Å²) in [6.07, 6.45) is 1.59. The number of carboxylic acids is 1. The first kappa shape index (κ1) is 19.8. The van der Waals surface area contributed by atoms with E-state index in [9.17, 15) is 14.7 Å². The van der Waals surface area contributed by atoms with Crippen LogP contribution in [-0.2, 0) is 4.79 Å². The smallest absolute Gasteiger partial charge is 0.305 e. The Kier molecular flexibility index (Phi) is 5.63. The number of carboxylic acid groups (broad SMARTS) is 1. The molecule has 0 saturated heterocycles. The van der Waals surface area contributed by atoms with Gasteiger partial charge in [-0.15, -0.1) is 0 Å². The van der Waals surface area contributed by atoms with Crippen LogP contribution in [0.15, 0.2) is 83.6 Å². The van der Waals surface area contributed by atoms with Gasteiger partial charge in [-0.2, -0.15) is 0 Å². The molecule has 6 nitrogen and oxygen atoms in total. The van der Waals surface area contributed by atoms with E-state index in [2.05, 4.69) is 26.2 Å². The second-order valence-electron chi connectivity index (χ2n) is 6.84. The third-order valence-electron chi connectivity index (χ3n) is 4.81. The van der Waals surface area contributed by atoms with Crippen LogP contribution in [-0.4, -0.2) is 26.5 Å². The molecule has 0 fully saturated rings. The van der Waals surface area contributed by atoms with Gasteiger partial charge in [-0.3, -0.25) is 9.59 Å². The SMILES string of the molecule is O=C(O)CC(c1ccccc1)n1cnc2cc(NC(=O)c3cccc(Br)c3)ccc21. The minimum atomic E-state index is -0.886. The fourth-order valence-electron chi connectivity index (χ4n) is 3.41. The van der Waals surface area contributed by atoms with Gasteiger partial charge in [-0.25, -0.2) is 4.98 Å². The lowest BCUT2D eigenvalue weighted by Gasteiger charge is -2.18. The topological polar surface area (TPSA) is 84.2 Å². The number of anilines is 1. The molecule has 2 N–H and O–H groups in total. The van der Waals surface area contributed by atoms with Gasteiger partial charge in [0.05, 0.1) is 29.8 Å². The fourth-order valence-corrected chi connectivity index (χ4v) is 3.81. The normalized spacial score (nSPS) is 11.9. The Morgan fingerprint density at radius 3 is 2.57 bits per heavy atom. The van der Waals surface area contributed by atoms with E-state index in [0.717, 1.165) is 15.6 Å². The van der Waals surface area contributed by atoms with Gasteiger partial charge in [0.2, 0.25) is 0 Å². The van der Waals surface area contributed by atoms with Crippen molar-refractivity contribution in [3.63, 3.8) is 0 Å². The number of rotatable bonds is 6. The van der Waals surface area contributed by atoms with Crippen LogP contribution in [0.3, 0.4) is 0 Å². The van der Waals surface area contributed by atoms with Crippen LogP contribution in [0.2, 0.25) is 0 Å². The van der Waals surface area contributed by atoms with Gasteiger partial charge in [0.1, 0.15) is 0 Å². The van der Waals surface area contributed by atoms with Gasteiger partial charge in [0.25, 0.3) is 5.91 Å². The molecule has 1 amide bonds. The number of hydrogen-bond donors (Lipinski definition) is 2. The van der Waals surface area contributed by atoms with Crippen LogP contribution in [0.5, 0.6) is 0 Å². The highest BCUT2D eigenvalue weighted by atomic mass is 79.9. The van der Waals surface area contributed by atoms with Crippen molar-refractivity contribution in [2.75, 3.05) is 5.32 Å². The summed E-state index contributed by atoms with van der Waals surface area (Å²) in [4.78, 5) is 28.4. The van der Waals surface area contributed by atoms with Gasteiger partial charge in [0, 0.05) is 15.7 Å². The Morgan fingerprint density at radius 2 is 1.83 bits per heavy atom. The van der Waals surface area contributed by atoms with E-state index in [-0.39, 0.29) is 18.4 Å². The maximum atomic E-state index is 12.5. The maximum Gasteiger partial charge on any atom is 0.305 e. The Bertz CT molecular complexity index is 1220. The van der Waals surface area contributed by atoms with E-state index in [4.69, 9.17) is 0 Å². The molecular weight excluding hydrogens is 446 g/mol. The van der Waals surface area contributed by atoms with Gasteiger partial charge < -0.3 is 15.0 Å². The number of amides is 1. The quantitative estimate of drug-likeness (QED) is 0.415. The zero-order valence-electron chi connectivity index (χ0n) is 15.8. The molecule has 1 atom stereocenters. The number of aromatic nitrogens is 2. The van der Waals surface area contributed by atoms with E-state index in [1.807, 2.05) is 47.0 Å². The van der Waals surface area contributed by atoms with E-state index < -0.39 is 5.97 Å². The summed E-state index contributed by atoms with van der Waals surface area (Å²) >= 11 is 3.37. The average Bonchev–Trinajstić information content (AvgIpc) is 3.15. The number of benzene rings is 3. The van der Waals surface area contributed by atoms with Crippen molar-refractivity contribution < 1.29 is 14.7 Å². The molecule has 1 unspecified atom stereocenters. The number of nitrogens with one attached hydrogen (secondary N) is 1. The van der Waals surface area contributed by atoms with Crippen molar-refractivity contribution in [2.24, 2.45) is 0 Å². The molecule has 0 aliphatic rings. The zero-order chi connectivity index (χ0) is 21.1. The molecule has 1 heterocycles. The Hall–Kier alpha value is -3.45. The lowest BCUT2D eigenvalue weighted by molar-refractivity contribution is -0.137. The summed E-state index contributed by atoms with van der Waals surface area (Å²) in [5.41, 5.74) is 3.53. The minimum Gasteiger partial charge on any atom is -0.481 e. The summed E-state index contributed by atoms with van der Waals surface area (Å²) in [5.74, 6) is -1.10. The molecule has 4 rings (SSSR count). The van der Waals surface area contributed by atoms with E-state index in [0.29, 0.717) is 16.8 Å². The average molecular weight is 464 g/mol. The van der Waals surface area contributed by atoms with E-state index in [1.165, 1.54) is 0 Å². The number of imidazole rings is 1. The number of aliphatic carboxylic acids is 1. The largest absolute Gasteiger partial charge is 0.481 e. The third kappa shape index (κ3) is 4.26. The van der Waals surface area contributed by atoms with Crippen LogP contribution in [0.25, 0.3) is 11.0 Å². The Morgan fingerprint density at radius 1 is 1.03 bits per heavy atom. The van der Waals surface area contributed by atoms with Gasteiger partial charge in [-0.05, 0) is 42.0 Å². The summed E-state index contributed by atoms with van der Waals surface area (Å²) in [7, 11) is 0. The van der Waals surface area contributed by atoms with Crippen LogP contribution >= 0.6 is 15.9 Å². The standard InChI is InChI=1S/C23H18BrN3O3/c24-17-8-4-7-16(11-17)23(30)26-18-9-10-20-19(12-18)25-14-27(20)21(13-22(28)29)15-5-2-1-3-6-15/h1-12,14,21H,13H2,(H,26,30)(H,28,29). The van der Waals surface area contributed by atoms with Crippen molar-refractivity contribution in [3.05, 3.63) is 94.7 Å². The van der Waals surface area contributed by atoms with Crippen LogP contribution in [0.1, 0.15) is 28.4 Å². The predicted molar refractivity (Wildman–Crippen MR) is 119 cm³/mol. The summed E-state index contributed by atoms with van der Waals surface area (Å²) in [5, 5.41) is 12.3. The molecule has 30 heavy (non-hydrogen) atoms. The van der Waals surface area contributed by atoms with Crippen LogP contribution < -0.4 is 5.32 Å². The highest BCUT2D eigenvalue weighted by molar-refractivity contribution is 9.10. The summed E-state index contributed by atoms with van der Waals surface area (Å²) < 4.78 is 2.69. The Balaban J connectivity index is 1.64.